The van der Waals surface area contributed by atoms with Crippen LogP contribution in [0.15, 0.2) is 85.1 Å². The Kier molecular flexibility index (Phi) is 3.44. The molecular weight excluding hydrogens is 332 g/mol. The Balaban J connectivity index is 1.85. The molecule has 5 aromatic rings. The summed E-state index contributed by atoms with van der Waals surface area (Å²) >= 11 is 0. The number of aromatic nitrogens is 3. The van der Waals surface area contributed by atoms with E-state index in [0.717, 1.165) is 27.6 Å². The van der Waals surface area contributed by atoms with E-state index in [2.05, 4.69) is 35.3 Å². The highest BCUT2D eigenvalue weighted by atomic mass is 15.3. The van der Waals surface area contributed by atoms with Crippen molar-refractivity contribution in [1.82, 2.24) is 14.6 Å². The minimum Gasteiger partial charge on any atom is -0.236 e. The zero-order valence-electron chi connectivity index (χ0n) is 14.4. The first-order chi connectivity index (χ1) is 13.4. The molecule has 0 aliphatic rings. The summed E-state index contributed by atoms with van der Waals surface area (Å²) in [4.78, 5) is 4.44. The number of hydrogen-bond acceptors (Lipinski definition) is 3. The Bertz CT molecular complexity index is 1320. The fourth-order valence-electron chi connectivity index (χ4n) is 3.50. The molecule has 0 saturated carbocycles. The summed E-state index contributed by atoms with van der Waals surface area (Å²) in [7, 11) is 0. The third kappa shape index (κ3) is 2.37. The van der Waals surface area contributed by atoms with Crippen molar-refractivity contribution in [2.45, 2.75) is 0 Å². The lowest BCUT2D eigenvalue weighted by Crippen LogP contribution is -1.96. The van der Waals surface area contributed by atoms with Crippen molar-refractivity contribution < 1.29 is 0 Å². The van der Waals surface area contributed by atoms with Crippen molar-refractivity contribution in [1.29, 1.82) is 5.26 Å². The quantitative estimate of drug-likeness (QED) is 0.447. The average molecular weight is 346 g/mol. The van der Waals surface area contributed by atoms with Gasteiger partial charge in [-0.25, -0.2) is 9.50 Å². The Labute approximate surface area is 156 Å². The number of nitriles is 1. The van der Waals surface area contributed by atoms with Gasteiger partial charge in [0.1, 0.15) is 17.3 Å². The molecule has 2 heterocycles. The third-order valence-corrected chi connectivity index (χ3v) is 4.74. The molecule has 126 valence electrons. The van der Waals surface area contributed by atoms with Gasteiger partial charge in [0.2, 0.25) is 0 Å². The van der Waals surface area contributed by atoms with E-state index in [4.69, 9.17) is 5.10 Å². The van der Waals surface area contributed by atoms with Crippen LogP contribution in [0.4, 0.5) is 0 Å². The minimum absolute atomic E-state index is 0.489. The molecule has 0 amide bonds. The van der Waals surface area contributed by atoms with Gasteiger partial charge in [-0.3, -0.25) is 0 Å². The predicted octanol–water partition coefficient (Wildman–Crippen LogP) is 5.09. The van der Waals surface area contributed by atoms with E-state index in [0.29, 0.717) is 16.9 Å². The van der Waals surface area contributed by atoms with Gasteiger partial charge < -0.3 is 0 Å². The van der Waals surface area contributed by atoms with Gasteiger partial charge in [-0.05, 0) is 16.8 Å². The van der Waals surface area contributed by atoms with Crippen molar-refractivity contribution in [3.63, 3.8) is 0 Å². The summed E-state index contributed by atoms with van der Waals surface area (Å²) in [6, 6.07) is 28.4. The van der Waals surface area contributed by atoms with Gasteiger partial charge >= 0.3 is 0 Å². The van der Waals surface area contributed by atoms with E-state index in [9.17, 15) is 5.26 Å². The standard InChI is InChI=1S/C23H14N4/c24-15-20-22(17-8-2-1-3-9-17)26-27-21(13-14-25-23(20)27)19-12-6-10-16-7-4-5-11-18(16)19/h1-14H. The first kappa shape index (κ1) is 15.3. The van der Waals surface area contributed by atoms with Crippen LogP contribution in [0.2, 0.25) is 0 Å². The Morgan fingerprint density at radius 1 is 0.815 bits per heavy atom. The van der Waals surface area contributed by atoms with Crippen molar-refractivity contribution >= 4 is 16.4 Å². The fraction of sp³-hybridized carbons (Fsp3) is 0. The van der Waals surface area contributed by atoms with E-state index in [1.54, 1.807) is 10.7 Å². The maximum absolute atomic E-state index is 9.76. The molecule has 4 nitrogen and oxygen atoms in total. The summed E-state index contributed by atoms with van der Waals surface area (Å²) < 4.78 is 1.78. The Hall–Kier alpha value is -3.97. The first-order valence-corrected chi connectivity index (χ1v) is 8.68. The Morgan fingerprint density at radius 2 is 1.59 bits per heavy atom. The lowest BCUT2D eigenvalue weighted by Gasteiger charge is -2.08. The number of rotatable bonds is 2. The molecule has 0 aliphatic carbocycles. The first-order valence-electron chi connectivity index (χ1n) is 8.68. The van der Waals surface area contributed by atoms with Crippen LogP contribution in [0.5, 0.6) is 0 Å². The molecule has 0 atom stereocenters. The van der Waals surface area contributed by atoms with Crippen LogP contribution < -0.4 is 0 Å². The second kappa shape index (κ2) is 6.08. The summed E-state index contributed by atoms with van der Waals surface area (Å²) in [6.07, 6.45) is 1.74. The number of benzene rings is 3. The highest BCUT2D eigenvalue weighted by molar-refractivity contribution is 5.96. The summed E-state index contributed by atoms with van der Waals surface area (Å²) in [6.45, 7) is 0. The van der Waals surface area contributed by atoms with Crippen molar-refractivity contribution in [3.05, 3.63) is 90.6 Å². The van der Waals surface area contributed by atoms with Gasteiger partial charge in [-0.15, -0.1) is 0 Å². The van der Waals surface area contributed by atoms with Crippen LogP contribution >= 0.6 is 0 Å². The molecule has 5 rings (SSSR count). The monoisotopic (exact) mass is 346 g/mol. The maximum atomic E-state index is 9.76. The van der Waals surface area contributed by atoms with Gasteiger partial charge in [-0.1, -0.05) is 72.8 Å². The zero-order valence-corrected chi connectivity index (χ0v) is 14.4. The molecule has 0 radical (unpaired) electrons. The van der Waals surface area contributed by atoms with Crippen molar-refractivity contribution in [2.24, 2.45) is 0 Å². The van der Waals surface area contributed by atoms with Gasteiger partial charge in [0.25, 0.3) is 0 Å². The van der Waals surface area contributed by atoms with E-state index in [1.165, 1.54) is 0 Å². The van der Waals surface area contributed by atoms with E-state index in [1.807, 2.05) is 54.6 Å². The molecule has 0 saturated heterocycles. The van der Waals surface area contributed by atoms with E-state index in [-0.39, 0.29) is 0 Å². The van der Waals surface area contributed by atoms with E-state index >= 15 is 0 Å². The van der Waals surface area contributed by atoms with Crippen LogP contribution in [0.3, 0.4) is 0 Å². The average Bonchev–Trinajstić information content (AvgIpc) is 3.13. The van der Waals surface area contributed by atoms with Gasteiger partial charge in [0, 0.05) is 17.3 Å². The van der Waals surface area contributed by atoms with E-state index < -0.39 is 0 Å². The number of hydrogen-bond donors (Lipinski definition) is 0. The molecule has 0 spiro atoms. The number of fused-ring (bicyclic) bond motifs is 2. The summed E-state index contributed by atoms with van der Waals surface area (Å²) in [5.41, 5.74) is 4.59. The molecule has 27 heavy (non-hydrogen) atoms. The minimum atomic E-state index is 0.489. The molecule has 4 heteroatoms. The highest BCUT2D eigenvalue weighted by Crippen LogP contribution is 2.31. The molecule has 0 bridgehead atoms. The SMILES string of the molecule is N#Cc1c(-c2ccccc2)nn2c(-c3cccc4ccccc34)ccnc12. The second-order valence-corrected chi connectivity index (χ2v) is 6.29. The predicted molar refractivity (Wildman–Crippen MR) is 106 cm³/mol. The molecule has 0 fully saturated rings. The largest absolute Gasteiger partial charge is 0.236 e. The lowest BCUT2D eigenvalue weighted by molar-refractivity contribution is 0.953. The lowest BCUT2D eigenvalue weighted by atomic mass is 10.0. The van der Waals surface area contributed by atoms with Crippen LogP contribution in [-0.4, -0.2) is 14.6 Å². The molecule has 0 aliphatic heterocycles. The van der Waals surface area contributed by atoms with Crippen LogP contribution in [0, 0.1) is 11.3 Å². The summed E-state index contributed by atoms with van der Waals surface area (Å²) in [5, 5.41) is 16.8. The second-order valence-electron chi connectivity index (χ2n) is 6.29. The van der Waals surface area contributed by atoms with Gasteiger partial charge in [0.05, 0.1) is 5.69 Å². The van der Waals surface area contributed by atoms with Crippen LogP contribution in [-0.2, 0) is 0 Å². The van der Waals surface area contributed by atoms with Gasteiger partial charge in [0.15, 0.2) is 5.65 Å². The number of nitrogens with zero attached hydrogens (tertiary/aromatic N) is 4. The molecule has 0 unspecified atom stereocenters. The molecule has 2 aromatic heterocycles. The van der Waals surface area contributed by atoms with Crippen LogP contribution in [0.1, 0.15) is 5.56 Å². The van der Waals surface area contributed by atoms with Crippen molar-refractivity contribution in [3.8, 4) is 28.6 Å². The molecular formula is C23H14N4. The van der Waals surface area contributed by atoms with Crippen LogP contribution in [0.25, 0.3) is 38.9 Å². The summed E-state index contributed by atoms with van der Waals surface area (Å²) in [5.74, 6) is 0. The Morgan fingerprint density at radius 3 is 2.44 bits per heavy atom. The highest BCUT2D eigenvalue weighted by Gasteiger charge is 2.18. The van der Waals surface area contributed by atoms with Crippen molar-refractivity contribution in [2.75, 3.05) is 0 Å². The maximum Gasteiger partial charge on any atom is 0.174 e. The third-order valence-electron chi connectivity index (χ3n) is 4.74. The normalized spacial score (nSPS) is 10.9. The molecule has 0 N–H and O–H groups in total. The molecule has 3 aromatic carbocycles. The van der Waals surface area contributed by atoms with Gasteiger partial charge in [-0.2, -0.15) is 10.4 Å². The fourth-order valence-corrected chi connectivity index (χ4v) is 3.50. The smallest absolute Gasteiger partial charge is 0.174 e. The topological polar surface area (TPSA) is 54.0 Å². The zero-order chi connectivity index (χ0) is 18.2.